The lowest BCUT2D eigenvalue weighted by Crippen LogP contribution is -2.51. The standard InChI is InChI=1S/C20H37NO4S2/c1-13(2)21(14(3)4)27(23,24)12-20-10-9-16(19(20,6)7)11-17(20)26-18(22)15(5)25-8/h13-17H,9-12H2,1-8H3/t15-,16+,17+,20+/m0/s1. The first kappa shape index (κ1) is 23.2. The third-order valence-electron chi connectivity index (χ3n) is 7.08. The van der Waals surface area contributed by atoms with Crippen LogP contribution in [-0.4, -0.2) is 54.1 Å². The Labute approximate surface area is 170 Å². The van der Waals surface area contributed by atoms with E-state index in [4.69, 9.17) is 4.74 Å². The van der Waals surface area contributed by atoms with E-state index in [-0.39, 0.29) is 39.0 Å². The van der Waals surface area contributed by atoms with E-state index in [0.717, 1.165) is 19.3 Å². The molecule has 0 saturated heterocycles. The van der Waals surface area contributed by atoms with Crippen molar-refractivity contribution in [2.45, 2.75) is 91.2 Å². The summed E-state index contributed by atoms with van der Waals surface area (Å²) in [7, 11) is -1.90. The second-order valence-corrected chi connectivity index (χ2v) is 12.5. The largest absolute Gasteiger partial charge is 0.373 e. The predicted molar refractivity (Wildman–Crippen MR) is 112 cm³/mol. The summed E-state index contributed by atoms with van der Waals surface area (Å²) < 4.78 is 33.8. The summed E-state index contributed by atoms with van der Waals surface area (Å²) in [4.78, 5) is 12.6. The SMILES string of the molecule is CO[C@@H](C)C(=O)S[C@@H]1C[C@H]2CC[C@]1(CS(=O)(=O)N(C(C)C)C(C)C)C2(C)C. The van der Waals surface area contributed by atoms with Crippen LogP contribution in [0.3, 0.4) is 0 Å². The fourth-order valence-electron chi connectivity index (χ4n) is 5.48. The zero-order valence-electron chi connectivity index (χ0n) is 18.1. The first-order valence-electron chi connectivity index (χ1n) is 10.0. The van der Waals surface area contributed by atoms with Crippen LogP contribution in [0.15, 0.2) is 0 Å². The molecule has 2 fully saturated rings. The molecule has 0 aromatic heterocycles. The molecule has 27 heavy (non-hydrogen) atoms. The van der Waals surface area contributed by atoms with Crippen molar-refractivity contribution in [2.24, 2.45) is 16.7 Å². The first-order valence-corrected chi connectivity index (χ1v) is 12.5. The fourth-order valence-corrected chi connectivity index (χ4v) is 10.0. The summed E-state index contributed by atoms with van der Waals surface area (Å²) in [5.74, 6) is 0.606. The van der Waals surface area contributed by atoms with E-state index < -0.39 is 16.1 Å². The summed E-state index contributed by atoms with van der Waals surface area (Å²) in [6.45, 7) is 13.9. The molecule has 0 aromatic carbocycles. The van der Waals surface area contributed by atoms with Gasteiger partial charge >= 0.3 is 0 Å². The number of sulfonamides is 1. The molecule has 158 valence electrons. The van der Waals surface area contributed by atoms with Gasteiger partial charge in [0.25, 0.3) is 0 Å². The lowest BCUT2D eigenvalue weighted by molar-refractivity contribution is -0.119. The zero-order valence-corrected chi connectivity index (χ0v) is 19.7. The predicted octanol–water partition coefficient (Wildman–Crippen LogP) is 3.92. The van der Waals surface area contributed by atoms with Crippen LogP contribution in [0.25, 0.3) is 0 Å². The Balaban J connectivity index is 2.38. The van der Waals surface area contributed by atoms with Crippen LogP contribution >= 0.6 is 11.8 Å². The van der Waals surface area contributed by atoms with Gasteiger partial charge in [0, 0.05) is 29.9 Å². The fraction of sp³-hybridized carbons (Fsp3) is 0.950. The van der Waals surface area contributed by atoms with Crippen LogP contribution in [0, 0.1) is 16.7 Å². The maximum atomic E-state index is 13.5. The number of nitrogens with zero attached hydrogens (tertiary/aromatic N) is 1. The van der Waals surface area contributed by atoms with Gasteiger partial charge in [-0.25, -0.2) is 8.42 Å². The number of hydrogen-bond acceptors (Lipinski definition) is 5. The van der Waals surface area contributed by atoms with Gasteiger partial charge in [0.1, 0.15) is 6.10 Å². The van der Waals surface area contributed by atoms with Crippen LogP contribution in [0.4, 0.5) is 0 Å². The van der Waals surface area contributed by atoms with Gasteiger partial charge in [-0.05, 0) is 65.2 Å². The number of methoxy groups -OCH3 is 1. The van der Waals surface area contributed by atoms with Gasteiger partial charge in [0.15, 0.2) is 0 Å². The Hall–Kier alpha value is -0.110. The van der Waals surface area contributed by atoms with Crippen molar-refractivity contribution in [3.8, 4) is 0 Å². The third kappa shape index (κ3) is 3.99. The maximum Gasteiger partial charge on any atom is 0.217 e. The first-order chi connectivity index (χ1) is 12.3. The highest BCUT2D eigenvalue weighted by molar-refractivity contribution is 8.14. The Morgan fingerprint density at radius 1 is 1.19 bits per heavy atom. The smallest absolute Gasteiger partial charge is 0.217 e. The molecule has 0 aromatic rings. The molecule has 7 heteroatoms. The lowest BCUT2D eigenvalue weighted by atomic mass is 9.70. The quantitative estimate of drug-likeness (QED) is 0.596. The molecule has 0 aliphatic heterocycles. The topological polar surface area (TPSA) is 63.7 Å². The van der Waals surface area contributed by atoms with E-state index >= 15 is 0 Å². The van der Waals surface area contributed by atoms with E-state index in [1.54, 1.807) is 11.2 Å². The van der Waals surface area contributed by atoms with Crippen molar-refractivity contribution in [1.82, 2.24) is 4.31 Å². The number of carbonyl (C=O) groups excluding carboxylic acids is 1. The highest BCUT2D eigenvalue weighted by Crippen LogP contribution is 2.69. The van der Waals surface area contributed by atoms with Crippen molar-refractivity contribution in [2.75, 3.05) is 12.9 Å². The maximum absolute atomic E-state index is 13.5. The van der Waals surface area contributed by atoms with Crippen molar-refractivity contribution in [3.05, 3.63) is 0 Å². The molecule has 0 spiro atoms. The molecule has 4 atom stereocenters. The number of fused-ring (bicyclic) bond motifs is 2. The van der Waals surface area contributed by atoms with Gasteiger partial charge in [-0.1, -0.05) is 25.6 Å². The van der Waals surface area contributed by atoms with Crippen LogP contribution < -0.4 is 0 Å². The monoisotopic (exact) mass is 419 g/mol. The van der Waals surface area contributed by atoms with Gasteiger partial charge in [-0.2, -0.15) is 4.31 Å². The van der Waals surface area contributed by atoms with E-state index in [1.807, 2.05) is 27.7 Å². The summed E-state index contributed by atoms with van der Waals surface area (Å²) in [5, 5.41) is 0.0412. The molecular weight excluding hydrogens is 382 g/mol. The Bertz CT molecular complexity index is 651. The Morgan fingerprint density at radius 3 is 2.19 bits per heavy atom. The van der Waals surface area contributed by atoms with Gasteiger partial charge in [0.05, 0.1) is 5.75 Å². The van der Waals surface area contributed by atoms with E-state index in [2.05, 4.69) is 13.8 Å². The van der Waals surface area contributed by atoms with Crippen LogP contribution in [0.5, 0.6) is 0 Å². The van der Waals surface area contributed by atoms with Gasteiger partial charge in [-0.15, -0.1) is 0 Å². The number of ether oxygens (including phenoxy) is 1. The summed E-state index contributed by atoms with van der Waals surface area (Å²) >= 11 is 1.33. The summed E-state index contributed by atoms with van der Waals surface area (Å²) in [6, 6.07) is -0.149. The van der Waals surface area contributed by atoms with Crippen molar-refractivity contribution < 1.29 is 17.9 Å². The van der Waals surface area contributed by atoms with Gasteiger partial charge in [-0.3, -0.25) is 4.79 Å². The third-order valence-corrected chi connectivity index (χ3v) is 10.9. The lowest BCUT2D eigenvalue weighted by Gasteiger charge is -2.44. The molecule has 0 radical (unpaired) electrons. The van der Waals surface area contributed by atoms with Crippen molar-refractivity contribution in [3.63, 3.8) is 0 Å². The molecule has 2 rings (SSSR count). The van der Waals surface area contributed by atoms with Crippen molar-refractivity contribution >= 4 is 26.9 Å². The summed E-state index contributed by atoms with van der Waals surface area (Å²) in [6.07, 6.45) is 2.38. The minimum Gasteiger partial charge on any atom is -0.373 e. The van der Waals surface area contributed by atoms with Gasteiger partial charge < -0.3 is 4.74 Å². The average molecular weight is 420 g/mol. The second-order valence-electron chi connectivity index (χ2n) is 9.43. The molecule has 2 aliphatic rings. The van der Waals surface area contributed by atoms with Crippen LogP contribution in [0.1, 0.15) is 67.7 Å². The molecule has 5 nitrogen and oxygen atoms in total. The Kier molecular flexibility index (Phi) is 6.83. The Morgan fingerprint density at radius 2 is 1.74 bits per heavy atom. The number of thioether (sulfide) groups is 1. The average Bonchev–Trinajstić information content (AvgIpc) is 2.86. The molecule has 2 aliphatic carbocycles. The van der Waals surface area contributed by atoms with Crippen LogP contribution in [0.2, 0.25) is 0 Å². The highest BCUT2D eigenvalue weighted by atomic mass is 32.2. The van der Waals surface area contributed by atoms with Gasteiger partial charge in [0.2, 0.25) is 15.1 Å². The van der Waals surface area contributed by atoms with Crippen LogP contribution in [-0.2, 0) is 19.6 Å². The zero-order chi connectivity index (χ0) is 20.8. The van der Waals surface area contributed by atoms with E-state index in [0.29, 0.717) is 5.92 Å². The van der Waals surface area contributed by atoms with E-state index in [1.165, 1.54) is 18.9 Å². The summed E-state index contributed by atoms with van der Waals surface area (Å²) in [5.41, 5.74) is -0.458. The number of hydrogen-bond donors (Lipinski definition) is 0. The molecule has 0 unspecified atom stereocenters. The van der Waals surface area contributed by atoms with Crippen molar-refractivity contribution in [1.29, 1.82) is 0 Å². The molecule has 0 heterocycles. The minimum absolute atomic E-state index is 0.00667. The molecular formula is C20H37NO4S2. The minimum atomic E-state index is -3.44. The van der Waals surface area contributed by atoms with E-state index in [9.17, 15) is 13.2 Å². The normalized spacial score (nSPS) is 31.2. The number of carbonyl (C=O) groups is 1. The highest BCUT2D eigenvalue weighted by Gasteiger charge is 2.66. The molecule has 0 N–H and O–H groups in total. The molecule has 2 saturated carbocycles. The molecule has 2 bridgehead atoms. The molecule has 0 amide bonds. The number of rotatable bonds is 8. The second kappa shape index (κ2) is 7.96.